The summed E-state index contributed by atoms with van der Waals surface area (Å²) in [6.45, 7) is 5.25. The number of H-pyrrole nitrogens is 1. The Bertz CT molecular complexity index is 1020. The van der Waals surface area contributed by atoms with Crippen LogP contribution in [0.3, 0.4) is 0 Å². The van der Waals surface area contributed by atoms with E-state index in [4.69, 9.17) is 9.72 Å². The van der Waals surface area contributed by atoms with Gasteiger partial charge in [-0.1, -0.05) is 36.4 Å². The van der Waals surface area contributed by atoms with Gasteiger partial charge in [-0.05, 0) is 24.6 Å². The molecular weight excluding hydrogens is 364 g/mol. The number of ether oxygens (including phenoxy) is 1. The quantitative estimate of drug-likeness (QED) is 0.726. The molecule has 6 nitrogen and oxygen atoms in total. The van der Waals surface area contributed by atoms with E-state index in [0.717, 1.165) is 54.4 Å². The van der Waals surface area contributed by atoms with E-state index in [-0.39, 0.29) is 5.56 Å². The van der Waals surface area contributed by atoms with Gasteiger partial charge in [-0.3, -0.25) is 9.78 Å². The molecule has 0 radical (unpaired) electrons. The molecule has 1 N–H and O–H groups in total. The van der Waals surface area contributed by atoms with E-state index in [1.54, 1.807) is 7.11 Å². The number of methoxy groups -OCH3 is 1. The topological polar surface area (TPSA) is 61.5 Å². The maximum Gasteiger partial charge on any atom is 0.256 e. The minimum Gasteiger partial charge on any atom is -0.497 e. The van der Waals surface area contributed by atoms with Gasteiger partial charge in [0.05, 0.1) is 12.8 Å². The van der Waals surface area contributed by atoms with Crippen LogP contribution in [-0.2, 0) is 6.42 Å². The monoisotopic (exact) mass is 390 g/mol. The zero-order valence-corrected chi connectivity index (χ0v) is 16.9. The number of piperazine rings is 1. The molecule has 2 heterocycles. The Morgan fingerprint density at radius 2 is 1.72 bits per heavy atom. The Kier molecular flexibility index (Phi) is 5.51. The Morgan fingerprint density at radius 1 is 1.00 bits per heavy atom. The van der Waals surface area contributed by atoms with E-state index in [9.17, 15) is 4.79 Å². The highest BCUT2D eigenvalue weighted by Gasteiger charge is 2.20. The number of aryl methyl sites for hydroxylation is 1. The number of rotatable bonds is 5. The van der Waals surface area contributed by atoms with Crippen LogP contribution in [0.1, 0.15) is 16.8 Å². The molecule has 0 aliphatic carbocycles. The third-order valence-corrected chi connectivity index (χ3v) is 5.43. The standard InChI is InChI=1S/C23H26N4O2/c1-17-21(15-18-7-4-3-5-8-18)22(28)25-23(24-17)27-13-11-26(12-14-27)19-9-6-10-20(16-19)29-2/h3-10,16H,11-15H2,1-2H3,(H,24,25,28). The van der Waals surface area contributed by atoms with Crippen LogP contribution in [0, 0.1) is 6.92 Å². The molecule has 4 rings (SSSR count). The maximum atomic E-state index is 12.7. The number of nitrogens with one attached hydrogen (secondary N) is 1. The molecular formula is C23H26N4O2. The first-order chi connectivity index (χ1) is 14.1. The van der Waals surface area contributed by atoms with Gasteiger partial charge in [0.2, 0.25) is 5.95 Å². The molecule has 3 aromatic rings. The molecule has 0 unspecified atom stereocenters. The predicted octanol–water partition coefficient (Wildman–Crippen LogP) is 3.00. The van der Waals surface area contributed by atoms with Crippen molar-refractivity contribution in [2.75, 3.05) is 43.1 Å². The zero-order chi connectivity index (χ0) is 20.2. The van der Waals surface area contributed by atoms with Crippen molar-refractivity contribution in [3.05, 3.63) is 81.8 Å². The second kappa shape index (κ2) is 8.39. The van der Waals surface area contributed by atoms with Crippen LogP contribution in [0.25, 0.3) is 0 Å². The minimum atomic E-state index is -0.0495. The fourth-order valence-electron chi connectivity index (χ4n) is 3.74. The zero-order valence-electron chi connectivity index (χ0n) is 16.9. The lowest BCUT2D eigenvalue weighted by Gasteiger charge is -2.36. The third kappa shape index (κ3) is 4.26. The maximum absolute atomic E-state index is 12.7. The summed E-state index contributed by atoms with van der Waals surface area (Å²) in [6, 6.07) is 18.1. The van der Waals surface area contributed by atoms with Crippen molar-refractivity contribution in [3.63, 3.8) is 0 Å². The first kappa shape index (κ1) is 19.1. The van der Waals surface area contributed by atoms with E-state index in [1.165, 1.54) is 0 Å². The molecule has 0 bridgehead atoms. The Morgan fingerprint density at radius 3 is 2.41 bits per heavy atom. The van der Waals surface area contributed by atoms with E-state index in [1.807, 2.05) is 49.4 Å². The molecule has 150 valence electrons. The average molecular weight is 390 g/mol. The van der Waals surface area contributed by atoms with Gasteiger partial charge in [0, 0.05) is 49.9 Å². The minimum absolute atomic E-state index is 0.0495. The molecule has 1 aliphatic rings. The van der Waals surface area contributed by atoms with Crippen molar-refractivity contribution in [3.8, 4) is 5.75 Å². The van der Waals surface area contributed by atoms with Gasteiger partial charge in [-0.25, -0.2) is 4.98 Å². The third-order valence-electron chi connectivity index (χ3n) is 5.43. The molecule has 0 spiro atoms. The number of hydrogen-bond donors (Lipinski definition) is 1. The molecule has 0 atom stereocenters. The highest BCUT2D eigenvalue weighted by molar-refractivity contribution is 5.52. The molecule has 0 saturated carbocycles. The van der Waals surface area contributed by atoms with E-state index < -0.39 is 0 Å². The molecule has 1 saturated heterocycles. The van der Waals surface area contributed by atoms with Crippen molar-refractivity contribution >= 4 is 11.6 Å². The molecule has 0 amide bonds. The van der Waals surface area contributed by atoms with Crippen molar-refractivity contribution in [2.45, 2.75) is 13.3 Å². The lowest BCUT2D eigenvalue weighted by Crippen LogP contribution is -2.47. The van der Waals surface area contributed by atoms with Gasteiger partial charge in [0.25, 0.3) is 5.56 Å². The molecule has 1 aromatic heterocycles. The lowest BCUT2D eigenvalue weighted by molar-refractivity contribution is 0.414. The SMILES string of the molecule is COc1cccc(N2CCN(c3nc(C)c(Cc4ccccc4)c(=O)[nH]3)CC2)c1. The smallest absolute Gasteiger partial charge is 0.256 e. The summed E-state index contributed by atoms with van der Waals surface area (Å²) in [7, 11) is 1.68. The van der Waals surface area contributed by atoms with Gasteiger partial charge in [-0.2, -0.15) is 0 Å². The molecule has 1 fully saturated rings. The van der Waals surface area contributed by atoms with E-state index in [0.29, 0.717) is 12.4 Å². The predicted molar refractivity (Wildman–Crippen MR) is 116 cm³/mol. The van der Waals surface area contributed by atoms with Gasteiger partial charge in [0.15, 0.2) is 0 Å². The summed E-state index contributed by atoms with van der Waals surface area (Å²) in [4.78, 5) is 24.9. The summed E-state index contributed by atoms with van der Waals surface area (Å²) in [5.74, 6) is 1.52. The van der Waals surface area contributed by atoms with E-state index >= 15 is 0 Å². The number of nitrogens with zero attached hydrogens (tertiary/aromatic N) is 3. The van der Waals surface area contributed by atoms with Crippen molar-refractivity contribution in [2.24, 2.45) is 0 Å². The van der Waals surface area contributed by atoms with Crippen LogP contribution in [0.4, 0.5) is 11.6 Å². The van der Waals surface area contributed by atoms with Crippen molar-refractivity contribution in [1.29, 1.82) is 0 Å². The molecule has 1 aliphatic heterocycles. The first-order valence-corrected chi connectivity index (χ1v) is 9.91. The van der Waals surface area contributed by atoms with Crippen LogP contribution in [-0.4, -0.2) is 43.3 Å². The molecule has 2 aromatic carbocycles. The van der Waals surface area contributed by atoms with Crippen LogP contribution in [0.5, 0.6) is 5.75 Å². The normalized spacial score (nSPS) is 14.1. The fraction of sp³-hybridized carbons (Fsp3) is 0.304. The number of benzene rings is 2. The van der Waals surface area contributed by atoms with E-state index in [2.05, 4.69) is 26.9 Å². The van der Waals surface area contributed by atoms with Crippen molar-refractivity contribution in [1.82, 2.24) is 9.97 Å². The second-order valence-corrected chi connectivity index (χ2v) is 7.29. The van der Waals surface area contributed by atoms with Crippen LogP contribution < -0.4 is 20.1 Å². The summed E-state index contributed by atoms with van der Waals surface area (Å²) in [6.07, 6.45) is 0.596. The van der Waals surface area contributed by atoms with Gasteiger partial charge >= 0.3 is 0 Å². The van der Waals surface area contributed by atoms with Crippen LogP contribution in [0.2, 0.25) is 0 Å². The summed E-state index contributed by atoms with van der Waals surface area (Å²) in [5.41, 5.74) is 3.74. The van der Waals surface area contributed by atoms with Crippen molar-refractivity contribution < 1.29 is 4.74 Å². The van der Waals surface area contributed by atoms with Gasteiger partial charge < -0.3 is 14.5 Å². The molecule has 29 heavy (non-hydrogen) atoms. The first-order valence-electron chi connectivity index (χ1n) is 9.91. The summed E-state index contributed by atoms with van der Waals surface area (Å²) < 4.78 is 5.33. The lowest BCUT2D eigenvalue weighted by atomic mass is 10.1. The number of aromatic nitrogens is 2. The largest absolute Gasteiger partial charge is 0.497 e. The van der Waals surface area contributed by atoms with Crippen LogP contribution >= 0.6 is 0 Å². The number of anilines is 2. The summed E-state index contributed by atoms with van der Waals surface area (Å²) in [5, 5.41) is 0. The number of hydrogen-bond acceptors (Lipinski definition) is 5. The Balaban J connectivity index is 1.46. The van der Waals surface area contributed by atoms with Gasteiger partial charge in [-0.15, -0.1) is 0 Å². The summed E-state index contributed by atoms with van der Waals surface area (Å²) >= 11 is 0. The highest BCUT2D eigenvalue weighted by Crippen LogP contribution is 2.23. The number of aromatic amines is 1. The van der Waals surface area contributed by atoms with Crippen LogP contribution in [0.15, 0.2) is 59.4 Å². The molecule has 6 heteroatoms. The fourth-order valence-corrected chi connectivity index (χ4v) is 3.74. The Hall–Kier alpha value is -3.28. The average Bonchev–Trinajstić information content (AvgIpc) is 2.77. The van der Waals surface area contributed by atoms with Gasteiger partial charge in [0.1, 0.15) is 5.75 Å². The second-order valence-electron chi connectivity index (χ2n) is 7.29. The highest BCUT2D eigenvalue weighted by atomic mass is 16.5. The Labute approximate surface area is 170 Å².